The molecule has 1 heterocycles. The minimum Gasteiger partial charge on any atom is -0.335 e. The summed E-state index contributed by atoms with van der Waals surface area (Å²) in [5, 5.41) is 13.7. The smallest absolute Gasteiger partial charge is 0.254 e. The van der Waals surface area contributed by atoms with E-state index < -0.39 is 0 Å². The Morgan fingerprint density at radius 1 is 1.12 bits per heavy atom. The Hall–Kier alpha value is -3.09. The average molecular weight is 325 g/mol. The molecule has 0 fully saturated rings. The summed E-state index contributed by atoms with van der Waals surface area (Å²) in [6, 6.07) is 13.0. The number of amides is 1. The summed E-state index contributed by atoms with van der Waals surface area (Å²) in [4.78, 5) is 14.2. The maximum Gasteiger partial charge on any atom is 0.254 e. The first kappa shape index (κ1) is 15.8. The molecule has 122 valence electrons. The molecule has 0 bridgehead atoms. The average Bonchev–Trinajstić information content (AvgIpc) is 3.15. The van der Waals surface area contributed by atoms with Crippen LogP contribution in [0.2, 0.25) is 0 Å². The number of aromatic amines is 1. The summed E-state index contributed by atoms with van der Waals surface area (Å²) in [6.45, 7) is 1.90. The predicted octanol–water partition coefficient (Wildman–Crippen LogP) is 2.84. The van der Waals surface area contributed by atoms with Gasteiger partial charge in [0.1, 0.15) is 5.82 Å². The molecule has 2 aromatic carbocycles. The zero-order valence-electron chi connectivity index (χ0n) is 13.3. The van der Waals surface area contributed by atoms with Crippen molar-refractivity contribution in [1.29, 1.82) is 0 Å². The van der Waals surface area contributed by atoms with E-state index in [1.165, 1.54) is 12.1 Å². The molecular formula is C17H16FN5O. The summed E-state index contributed by atoms with van der Waals surface area (Å²) in [5.74, 6) is 0.0607. The van der Waals surface area contributed by atoms with E-state index in [1.807, 2.05) is 6.92 Å². The molecule has 0 saturated carbocycles. The van der Waals surface area contributed by atoms with Crippen LogP contribution in [0.3, 0.4) is 0 Å². The van der Waals surface area contributed by atoms with E-state index in [2.05, 4.69) is 20.6 Å². The van der Waals surface area contributed by atoms with Gasteiger partial charge >= 0.3 is 0 Å². The lowest BCUT2D eigenvalue weighted by molar-refractivity contribution is 0.0742. The van der Waals surface area contributed by atoms with E-state index in [9.17, 15) is 9.18 Å². The number of nitrogens with one attached hydrogen (secondary N) is 1. The topological polar surface area (TPSA) is 74.8 Å². The summed E-state index contributed by atoms with van der Waals surface area (Å²) in [5.41, 5.74) is 2.20. The molecule has 0 radical (unpaired) electrons. The van der Waals surface area contributed by atoms with Gasteiger partial charge < -0.3 is 4.90 Å². The summed E-state index contributed by atoms with van der Waals surface area (Å²) in [7, 11) is 1.73. The van der Waals surface area contributed by atoms with Gasteiger partial charge in [0.05, 0.1) is 6.04 Å². The Labute approximate surface area is 138 Å². The largest absolute Gasteiger partial charge is 0.335 e. The van der Waals surface area contributed by atoms with Gasteiger partial charge in [-0.2, -0.15) is 5.21 Å². The maximum absolute atomic E-state index is 13.0. The van der Waals surface area contributed by atoms with Gasteiger partial charge in [0.2, 0.25) is 5.82 Å². The second-order valence-electron chi connectivity index (χ2n) is 5.46. The molecule has 1 atom stereocenters. The first-order chi connectivity index (χ1) is 11.6. The van der Waals surface area contributed by atoms with Crippen molar-refractivity contribution in [3.05, 3.63) is 65.5 Å². The number of halogens is 1. The molecule has 24 heavy (non-hydrogen) atoms. The Morgan fingerprint density at radius 2 is 1.79 bits per heavy atom. The first-order valence-corrected chi connectivity index (χ1v) is 7.43. The van der Waals surface area contributed by atoms with Crippen LogP contribution in [0.25, 0.3) is 11.4 Å². The molecule has 0 saturated heterocycles. The molecule has 0 spiro atoms. The normalized spacial score (nSPS) is 12.0. The fourth-order valence-corrected chi connectivity index (χ4v) is 2.39. The Balaban J connectivity index is 1.76. The minimum absolute atomic E-state index is 0.119. The highest BCUT2D eigenvalue weighted by molar-refractivity contribution is 5.94. The first-order valence-electron chi connectivity index (χ1n) is 7.43. The fraction of sp³-hybridized carbons (Fsp3) is 0.176. The number of aromatic nitrogens is 4. The molecule has 7 heteroatoms. The van der Waals surface area contributed by atoms with Gasteiger partial charge in [-0.25, -0.2) is 4.39 Å². The third-order valence-corrected chi connectivity index (χ3v) is 3.99. The Morgan fingerprint density at radius 3 is 2.38 bits per heavy atom. The van der Waals surface area contributed by atoms with Gasteiger partial charge in [-0.3, -0.25) is 4.79 Å². The zero-order chi connectivity index (χ0) is 17.1. The van der Waals surface area contributed by atoms with E-state index in [0.717, 1.165) is 11.1 Å². The molecule has 0 unspecified atom stereocenters. The molecular weight excluding hydrogens is 309 g/mol. The van der Waals surface area contributed by atoms with E-state index in [1.54, 1.807) is 48.3 Å². The number of carbonyl (C=O) groups excluding carboxylic acids is 1. The lowest BCUT2D eigenvalue weighted by Gasteiger charge is -2.25. The van der Waals surface area contributed by atoms with Gasteiger partial charge in [0, 0.05) is 18.2 Å². The van der Waals surface area contributed by atoms with Crippen molar-refractivity contribution in [3.8, 4) is 11.4 Å². The zero-order valence-corrected chi connectivity index (χ0v) is 13.3. The van der Waals surface area contributed by atoms with E-state index >= 15 is 0 Å². The van der Waals surface area contributed by atoms with Gasteiger partial charge in [-0.1, -0.05) is 24.3 Å². The second kappa shape index (κ2) is 6.57. The number of nitrogens with zero attached hydrogens (tertiary/aromatic N) is 4. The number of rotatable bonds is 4. The van der Waals surface area contributed by atoms with Gasteiger partial charge in [0.25, 0.3) is 5.91 Å². The quantitative estimate of drug-likeness (QED) is 0.800. The number of hydrogen-bond donors (Lipinski definition) is 1. The molecule has 3 rings (SSSR count). The highest BCUT2D eigenvalue weighted by Gasteiger charge is 2.19. The van der Waals surface area contributed by atoms with Gasteiger partial charge in [0.15, 0.2) is 0 Å². The molecule has 0 aliphatic carbocycles. The van der Waals surface area contributed by atoms with Crippen molar-refractivity contribution in [2.24, 2.45) is 0 Å². The van der Waals surface area contributed by atoms with Crippen LogP contribution in [0.5, 0.6) is 0 Å². The van der Waals surface area contributed by atoms with Crippen molar-refractivity contribution < 1.29 is 9.18 Å². The summed E-state index contributed by atoms with van der Waals surface area (Å²) < 4.78 is 13.0. The van der Waals surface area contributed by atoms with Crippen LogP contribution in [-0.4, -0.2) is 38.5 Å². The van der Waals surface area contributed by atoms with Crippen molar-refractivity contribution >= 4 is 5.91 Å². The Kier molecular flexibility index (Phi) is 4.33. The minimum atomic E-state index is -0.294. The van der Waals surface area contributed by atoms with Crippen molar-refractivity contribution in [3.63, 3.8) is 0 Å². The van der Waals surface area contributed by atoms with Crippen molar-refractivity contribution in [1.82, 2.24) is 25.5 Å². The second-order valence-corrected chi connectivity index (χ2v) is 5.46. The molecule has 0 aliphatic heterocycles. The van der Waals surface area contributed by atoms with Crippen molar-refractivity contribution in [2.45, 2.75) is 13.0 Å². The van der Waals surface area contributed by atoms with Crippen molar-refractivity contribution in [2.75, 3.05) is 7.05 Å². The van der Waals surface area contributed by atoms with E-state index in [0.29, 0.717) is 11.4 Å². The standard InChI is InChI=1S/C17H16FN5O/c1-11(12-7-9-15(18)10-8-12)23(2)17(24)14-5-3-13(4-6-14)16-19-21-22-20-16/h3-11H,1-2H3,(H,19,20,21,22)/t11-/m1/s1. The molecule has 0 aliphatic rings. The predicted molar refractivity (Wildman–Crippen MR) is 86.5 cm³/mol. The highest BCUT2D eigenvalue weighted by Crippen LogP contribution is 2.22. The highest BCUT2D eigenvalue weighted by atomic mass is 19.1. The maximum atomic E-state index is 13.0. The number of tetrazole rings is 1. The SMILES string of the molecule is C[C@H](c1ccc(F)cc1)N(C)C(=O)c1ccc(-c2nn[nH]n2)cc1. The monoisotopic (exact) mass is 325 g/mol. The van der Waals surface area contributed by atoms with Crippen LogP contribution in [0.1, 0.15) is 28.9 Å². The molecule has 1 amide bonds. The molecule has 6 nitrogen and oxygen atoms in total. The number of carbonyl (C=O) groups is 1. The molecule has 1 aromatic heterocycles. The van der Waals surface area contributed by atoms with Crippen LogP contribution in [0.4, 0.5) is 4.39 Å². The number of H-pyrrole nitrogens is 1. The van der Waals surface area contributed by atoms with Gasteiger partial charge in [-0.15, -0.1) is 10.2 Å². The van der Waals surface area contributed by atoms with Crippen LogP contribution in [0, 0.1) is 5.82 Å². The van der Waals surface area contributed by atoms with E-state index in [4.69, 9.17) is 0 Å². The van der Waals surface area contributed by atoms with Crippen LogP contribution in [-0.2, 0) is 0 Å². The van der Waals surface area contributed by atoms with Crippen LogP contribution >= 0.6 is 0 Å². The number of benzene rings is 2. The van der Waals surface area contributed by atoms with Crippen LogP contribution in [0.15, 0.2) is 48.5 Å². The molecule has 3 aromatic rings. The third kappa shape index (κ3) is 3.15. The van der Waals surface area contributed by atoms with E-state index in [-0.39, 0.29) is 17.8 Å². The van der Waals surface area contributed by atoms with Gasteiger partial charge in [-0.05, 0) is 42.0 Å². The third-order valence-electron chi connectivity index (χ3n) is 3.99. The fourth-order valence-electron chi connectivity index (χ4n) is 2.39. The number of hydrogen-bond acceptors (Lipinski definition) is 4. The summed E-state index contributed by atoms with van der Waals surface area (Å²) >= 11 is 0. The Bertz CT molecular complexity index is 815. The van der Waals surface area contributed by atoms with Crippen LogP contribution < -0.4 is 0 Å². The lowest BCUT2D eigenvalue weighted by atomic mass is 10.1. The summed E-state index contributed by atoms with van der Waals surface area (Å²) in [6.07, 6.45) is 0. The lowest BCUT2D eigenvalue weighted by Crippen LogP contribution is -2.29. The molecule has 1 N–H and O–H groups in total.